The zero-order chi connectivity index (χ0) is 12.0. The molecule has 1 aliphatic rings. The van der Waals surface area contributed by atoms with Crippen LogP contribution in [0.5, 0.6) is 0 Å². The summed E-state index contributed by atoms with van der Waals surface area (Å²) in [5.74, 6) is -0.854. The van der Waals surface area contributed by atoms with Crippen LogP contribution in [0.15, 0.2) is 0 Å². The van der Waals surface area contributed by atoms with Crippen LogP contribution >= 0.6 is 0 Å². The number of aliphatic hydroxyl groups excluding tert-OH is 1. The fourth-order valence-electron chi connectivity index (χ4n) is 1.99. The normalized spacial score (nSPS) is 19.9. The zero-order valence-corrected chi connectivity index (χ0v) is 9.76. The third kappa shape index (κ3) is 4.92. The van der Waals surface area contributed by atoms with E-state index in [0.29, 0.717) is 19.0 Å². The molecule has 1 fully saturated rings. The molecule has 0 aromatic heterocycles. The van der Waals surface area contributed by atoms with Gasteiger partial charge in [-0.3, -0.25) is 4.79 Å². The quantitative estimate of drug-likeness (QED) is 0.689. The van der Waals surface area contributed by atoms with Crippen LogP contribution in [0.25, 0.3) is 0 Å². The third-order valence-corrected chi connectivity index (χ3v) is 3.00. The fourth-order valence-corrected chi connectivity index (χ4v) is 1.99. The molecule has 1 rings (SSSR count). The minimum atomic E-state index is -0.854. The van der Waals surface area contributed by atoms with Crippen LogP contribution in [-0.2, 0) is 9.53 Å². The Balaban J connectivity index is 2.21. The predicted molar refractivity (Wildman–Crippen MR) is 59.3 cm³/mol. The molecule has 0 amide bonds. The maximum Gasteiger partial charge on any atom is 0.303 e. The van der Waals surface area contributed by atoms with E-state index in [1.54, 1.807) is 0 Å². The van der Waals surface area contributed by atoms with Crippen molar-refractivity contribution in [1.82, 2.24) is 4.90 Å². The average molecular weight is 231 g/mol. The highest BCUT2D eigenvalue weighted by atomic mass is 16.5. The average Bonchev–Trinajstić information content (AvgIpc) is 2.27. The number of likely N-dealkylation sites (N-methyl/N-ethyl adjacent to an activating group) is 1. The lowest BCUT2D eigenvalue weighted by atomic mass is 10.1. The van der Waals surface area contributed by atoms with Gasteiger partial charge in [-0.15, -0.1) is 0 Å². The predicted octanol–water partition coefficient (Wildman–Crippen LogP) is 0.323. The minimum Gasteiger partial charge on any atom is -0.481 e. The molecule has 0 aromatic rings. The molecule has 1 saturated heterocycles. The van der Waals surface area contributed by atoms with E-state index < -0.39 is 12.1 Å². The maximum atomic E-state index is 10.3. The van der Waals surface area contributed by atoms with Crippen molar-refractivity contribution in [2.75, 3.05) is 26.8 Å². The second-order valence-corrected chi connectivity index (χ2v) is 4.37. The molecule has 16 heavy (non-hydrogen) atoms. The Kier molecular flexibility index (Phi) is 5.73. The number of carboxylic acids is 1. The highest BCUT2D eigenvalue weighted by Gasteiger charge is 2.20. The number of carboxylic acid groups (broad SMARTS) is 1. The van der Waals surface area contributed by atoms with E-state index in [4.69, 9.17) is 9.84 Å². The summed E-state index contributed by atoms with van der Waals surface area (Å²) in [6.07, 6.45) is 1.78. The van der Waals surface area contributed by atoms with Crippen LogP contribution in [-0.4, -0.2) is 60.0 Å². The Bertz CT molecular complexity index is 216. The van der Waals surface area contributed by atoms with Crippen molar-refractivity contribution in [3.63, 3.8) is 0 Å². The molecule has 0 bridgehead atoms. The van der Waals surface area contributed by atoms with Gasteiger partial charge in [0.05, 0.1) is 6.10 Å². The van der Waals surface area contributed by atoms with Gasteiger partial charge in [0.2, 0.25) is 0 Å². The second-order valence-electron chi connectivity index (χ2n) is 4.37. The first-order valence-electron chi connectivity index (χ1n) is 5.77. The lowest BCUT2D eigenvalue weighted by Crippen LogP contribution is -2.40. The third-order valence-electron chi connectivity index (χ3n) is 3.00. The Labute approximate surface area is 96.0 Å². The SMILES string of the molecule is CN(CC(O)CCC(=O)O)C1CCOCC1. The molecule has 2 N–H and O–H groups in total. The molecule has 0 spiro atoms. The molecule has 1 atom stereocenters. The largest absolute Gasteiger partial charge is 0.481 e. The smallest absolute Gasteiger partial charge is 0.303 e. The van der Waals surface area contributed by atoms with Gasteiger partial charge in [0.1, 0.15) is 0 Å². The summed E-state index contributed by atoms with van der Waals surface area (Å²) >= 11 is 0. The molecule has 1 heterocycles. The summed E-state index contributed by atoms with van der Waals surface area (Å²) in [6.45, 7) is 2.10. The second kappa shape index (κ2) is 6.83. The lowest BCUT2D eigenvalue weighted by Gasteiger charge is -2.32. The number of carbonyl (C=O) groups is 1. The summed E-state index contributed by atoms with van der Waals surface area (Å²) in [5.41, 5.74) is 0. The topological polar surface area (TPSA) is 70.0 Å². The molecule has 1 unspecified atom stereocenters. The first kappa shape index (κ1) is 13.4. The van der Waals surface area contributed by atoms with Gasteiger partial charge in [0.25, 0.3) is 0 Å². The van der Waals surface area contributed by atoms with Crippen LogP contribution in [0.4, 0.5) is 0 Å². The van der Waals surface area contributed by atoms with Gasteiger partial charge in [-0.1, -0.05) is 0 Å². The molecule has 0 radical (unpaired) electrons. The van der Waals surface area contributed by atoms with Gasteiger partial charge in [-0.2, -0.15) is 0 Å². The van der Waals surface area contributed by atoms with Crippen LogP contribution in [0.1, 0.15) is 25.7 Å². The zero-order valence-electron chi connectivity index (χ0n) is 9.76. The first-order chi connectivity index (χ1) is 7.59. The molecule has 94 valence electrons. The van der Waals surface area contributed by atoms with Crippen molar-refractivity contribution >= 4 is 5.97 Å². The number of aliphatic hydroxyl groups is 1. The molecule has 0 aliphatic carbocycles. The van der Waals surface area contributed by atoms with E-state index in [1.165, 1.54) is 0 Å². The number of aliphatic carboxylic acids is 1. The molecule has 0 saturated carbocycles. The minimum absolute atomic E-state index is 0.0305. The van der Waals surface area contributed by atoms with Crippen LogP contribution < -0.4 is 0 Å². The van der Waals surface area contributed by atoms with Crippen molar-refractivity contribution in [2.45, 2.75) is 37.8 Å². The van der Waals surface area contributed by atoms with Crippen LogP contribution in [0, 0.1) is 0 Å². The molecule has 5 nitrogen and oxygen atoms in total. The van der Waals surface area contributed by atoms with Gasteiger partial charge in [0, 0.05) is 32.2 Å². The summed E-state index contributed by atoms with van der Waals surface area (Å²) in [5, 5.41) is 18.2. The van der Waals surface area contributed by atoms with E-state index in [1.807, 2.05) is 7.05 Å². The Morgan fingerprint density at radius 3 is 2.69 bits per heavy atom. The van der Waals surface area contributed by atoms with E-state index in [-0.39, 0.29) is 6.42 Å². The Morgan fingerprint density at radius 1 is 1.50 bits per heavy atom. The van der Waals surface area contributed by atoms with Crippen molar-refractivity contribution in [1.29, 1.82) is 0 Å². The molecule has 5 heteroatoms. The van der Waals surface area contributed by atoms with Gasteiger partial charge in [-0.25, -0.2) is 0 Å². The lowest BCUT2D eigenvalue weighted by molar-refractivity contribution is -0.137. The number of hydrogen-bond donors (Lipinski definition) is 2. The van der Waals surface area contributed by atoms with Crippen molar-refractivity contribution in [2.24, 2.45) is 0 Å². The maximum absolute atomic E-state index is 10.3. The molecule has 0 aromatic carbocycles. The summed E-state index contributed by atoms with van der Waals surface area (Å²) in [7, 11) is 1.97. The number of rotatable bonds is 6. The molecule has 1 aliphatic heterocycles. The van der Waals surface area contributed by atoms with Crippen molar-refractivity contribution in [3.8, 4) is 0 Å². The van der Waals surface area contributed by atoms with E-state index in [0.717, 1.165) is 26.1 Å². The number of nitrogens with zero attached hydrogens (tertiary/aromatic N) is 1. The van der Waals surface area contributed by atoms with Gasteiger partial charge < -0.3 is 19.8 Å². The standard InChI is InChI=1S/C11H21NO4/c1-12(9-4-6-16-7-5-9)8-10(13)2-3-11(14)15/h9-10,13H,2-8H2,1H3,(H,14,15). The van der Waals surface area contributed by atoms with Crippen molar-refractivity contribution < 1.29 is 19.7 Å². The van der Waals surface area contributed by atoms with E-state index in [2.05, 4.69) is 4.90 Å². The summed E-state index contributed by atoms with van der Waals surface area (Å²) in [4.78, 5) is 12.5. The van der Waals surface area contributed by atoms with Gasteiger partial charge in [0.15, 0.2) is 0 Å². The first-order valence-corrected chi connectivity index (χ1v) is 5.77. The monoisotopic (exact) mass is 231 g/mol. The number of hydrogen-bond acceptors (Lipinski definition) is 4. The fraction of sp³-hybridized carbons (Fsp3) is 0.909. The van der Waals surface area contributed by atoms with E-state index in [9.17, 15) is 9.90 Å². The van der Waals surface area contributed by atoms with Crippen molar-refractivity contribution in [3.05, 3.63) is 0 Å². The summed E-state index contributed by atoms with van der Waals surface area (Å²) in [6, 6.07) is 0.452. The highest BCUT2D eigenvalue weighted by molar-refractivity contribution is 5.66. The van der Waals surface area contributed by atoms with Crippen LogP contribution in [0.2, 0.25) is 0 Å². The van der Waals surface area contributed by atoms with Crippen LogP contribution in [0.3, 0.4) is 0 Å². The Morgan fingerprint density at radius 2 is 2.12 bits per heavy atom. The van der Waals surface area contributed by atoms with Gasteiger partial charge in [-0.05, 0) is 26.3 Å². The highest BCUT2D eigenvalue weighted by Crippen LogP contribution is 2.13. The molecular weight excluding hydrogens is 210 g/mol. The number of ether oxygens (including phenoxy) is 1. The van der Waals surface area contributed by atoms with E-state index >= 15 is 0 Å². The van der Waals surface area contributed by atoms with Gasteiger partial charge >= 0.3 is 5.97 Å². The molecular formula is C11H21NO4. The summed E-state index contributed by atoms with van der Waals surface area (Å²) < 4.78 is 5.27. The Hall–Kier alpha value is -0.650.